The van der Waals surface area contributed by atoms with Gasteiger partial charge in [0.1, 0.15) is 5.82 Å². The lowest BCUT2D eigenvalue weighted by Crippen LogP contribution is -2.17. The highest BCUT2D eigenvalue weighted by atomic mass is 32.2. The Balaban J connectivity index is 0.000000614. The van der Waals surface area contributed by atoms with Crippen LogP contribution in [0.25, 0.3) is 5.65 Å². The van der Waals surface area contributed by atoms with E-state index in [2.05, 4.69) is 10.3 Å². The first-order valence-corrected chi connectivity index (χ1v) is 11.0. The van der Waals surface area contributed by atoms with Crippen LogP contribution >= 0.6 is 0 Å². The normalized spacial score (nSPS) is 11.1. The fourth-order valence-electron chi connectivity index (χ4n) is 3.05. The standard InChI is InChI=1S/C19H21FN4O2.CH4O3S/c1-10-5-14(20)6-11(2)16(10)8-22-17-7-15(26-19(21)25)9-24-13(4)12(3)23-18(17)24;1-5(2,3)4/h5-7,9,22H,8H2,1-4H3,(H2,21,25);1H3,(H,2,3,4). The summed E-state index contributed by atoms with van der Waals surface area (Å²) in [5.74, 6) is 0.0723. The maximum atomic E-state index is 13.5. The van der Waals surface area contributed by atoms with Crippen LogP contribution in [0, 0.1) is 33.5 Å². The summed E-state index contributed by atoms with van der Waals surface area (Å²) >= 11 is 0. The number of aryl methyl sites for hydroxylation is 4. The molecule has 0 unspecified atom stereocenters. The maximum absolute atomic E-state index is 13.5. The van der Waals surface area contributed by atoms with Gasteiger partial charge in [0.2, 0.25) is 0 Å². The summed E-state index contributed by atoms with van der Waals surface area (Å²) < 4.78 is 46.3. The van der Waals surface area contributed by atoms with Gasteiger partial charge in [-0.2, -0.15) is 8.42 Å². The number of amides is 1. The third-order valence-electron chi connectivity index (χ3n) is 4.51. The van der Waals surface area contributed by atoms with Gasteiger partial charge in [-0.1, -0.05) is 0 Å². The summed E-state index contributed by atoms with van der Waals surface area (Å²) in [5.41, 5.74) is 11.1. The lowest BCUT2D eigenvalue weighted by Gasteiger charge is -2.14. The van der Waals surface area contributed by atoms with Gasteiger partial charge < -0.3 is 15.8 Å². The van der Waals surface area contributed by atoms with E-state index in [4.69, 9.17) is 15.0 Å². The number of anilines is 1. The molecule has 0 aliphatic carbocycles. The Morgan fingerprint density at radius 3 is 2.29 bits per heavy atom. The zero-order valence-corrected chi connectivity index (χ0v) is 18.7. The molecule has 4 N–H and O–H groups in total. The Morgan fingerprint density at radius 1 is 1.23 bits per heavy atom. The van der Waals surface area contributed by atoms with E-state index < -0.39 is 16.2 Å². The van der Waals surface area contributed by atoms with Gasteiger partial charge >= 0.3 is 6.09 Å². The van der Waals surface area contributed by atoms with Crippen molar-refractivity contribution < 1.29 is 26.9 Å². The summed E-state index contributed by atoms with van der Waals surface area (Å²) in [6.45, 7) is 8.08. The number of halogens is 1. The van der Waals surface area contributed by atoms with Gasteiger partial charge in [-0.15, -0.1) is 0 Å². The van der Waals surface area contributed by atoms with Crippen LogP contribution in [0.4, 0.5) is 14.9 Å². The minimum atomic E-state index is -3.67. The second-order valence-corrected chi connectivity index (χ2v) is 8.56. The fraction of sp³-hybridized carbons (Fsp3) is 0.300. The highest BCUT2D eigenvalue weighted by Gasteiger charge is 2.14. The van der Waals surface area contributed by atoms with E-state index in [0.717, 1.165) is 28.1 Å². The molecule has 11 heteroatoms. The SMILES string of the molecule is CS(=O)(=O)O.Cc1cc(F)cc(C)c1CNc1cc(OC(N)=O)cn2c(C)c(C)nc12. The lowest BCUT2D eigenvalue weighted by molar-refractivity contribution is 0.210. The molecule has 0 fully saturated rings. The first kappa shape index (κ1) is 24.1. The monoisotopic (exact) mass is 452 g/mol. The number of nitrogens with one attached hydrogen (secondary N) is 1. The number of ether oxygens (including phenoxy) is 1. The number of primary amides is 1. The molecule has 1 amide bonds. The minimum Gasteiger partial charge on any atom is -0.409 e. The molecule has 0 atom stereocenters. The van der Waals surface area contributed by atoms with Crippen molar-refractivity contribution in [1.29, 1.82) is 0 Å². The first-order chi connectivity index (χ1) is 14.3. The summed E-state index contributed by atoms with van der Waals surface area (Å²) in [5, 5.41) is 3.32. The summed E-state index contributed by atoms with van der Waals surface area (Å²) in [6, 6.07) is 4.70. The molecule has 0 aliphatic heterocycles. The molecule has 31 heavy (non-hydrogen) atoms. The lowest BCUT2D eigenvalue weighted by atomic mass is 10.0. The van der Waals surface area contributed by atoms with Crippen molar-refractivity contribution in [2.75, 3.05) is 11.6 Å². The van der Waals surface area contributed by atoms with E-state index in [1.54, 1.807) is 12.3 Å². The number of hydrogen-bond acceptors (Lipinski definition) is 6. The van der Waals surface area contributed by atoms with Crippen LogP contribution in [0.1, 0.15) is 28.1 Å². The maximum Gasteiger partial charge on any atom is 0.410 e. The van der Waals surface area contributed by atoms with Gasteiger partial charge in [-0.25, -0.2) is 14.2 Å². The number of fused-ring (bicyclic) bond motifs is 1. The summed E-state index contributed by atoms with van der Waals surface area (Å²) in [4.78, 5) is 15.7. The number of pyridine rings is 1. The second-order valence-electron chi connectivity index (χ2n) is 7.09. The molecule has 9 nitrogen and oxygen atoms in total. The zero-order valence-electron chi connectivity index (χ0n) is 17.9. The Morgan fingerprint density at radius 2 is 1.77 bits per heavy atom. The second kappa shape index (κ2) is 9.31. The average molecular weight is 453 g/mol. The van der Waals surface area contributed by atoms with Gasteiger partial charge in [-0.05, 0) is 56.5 Å². The van der Waals surface area contributed by atoms with E-state index in [1.165, 1.54) is 12.1 Å². The highest BCUT2D eigenvalue weighted by Crippen LogP contribution is 2.27. The summed E-state index contributed by atoms with van der Waals surface area (Å²) in [7, 11) is -3.67. The van der Waals surface area contributed by atoms with Crippen molar-refractivity contribution >= 4 is 27.5 Å². The molecule has 2 aromatic heterocycles. The number of carbonyl (C=O) groups is 1. The van der Waals surface area contributed by atoms with Crippen molar-refractivity contribution in [3.8, 4) is 5.75 Å². The molecule has 1 aromatic carbocycles. The van der Waals surface area contributed by atoms with Crippen LogP contribution in [0.15, 0.2) is 24.4 Å². The van der Waals surface area contributed by atoms with E-state index in [-0.39, 0.29) is 5.82 Å². The molecule has 168 valence electrons. The first-order valence-electron chi connectivity index (χ1n) is 9.14. The Labute approximate surface area is 179 Å². The number of carbonyl (C=O) groups excluding carboxylic acids is 1. The van der Waals surface area contributed by atoms with Crippen molar-refractivity contribution in [2.24, 2.45) is 5.73 Å². The van der Waals surface area contributed by atoms with Crippen LogP contribution < -0.4 is 15.8 Å². The molecule has 0 spiro atoms. The molecule has 2 heterocycles. The van der Waals surface area contributed by atoms with Crippen LogP contribution in [-0.2, 0) is 16.7 Å². The van der Waals surface area contributed by atoms with E-state index in [9.17, 15) is 17.6 Å². The Kier molecular flexibility index (Phi) is 7.24. The van der Waals surface area contributed by atoms with Crippen molar-refractivity contribution in [2.45, 2.75) is 34.2 Å². The van der Waals surface area contributed by atoms with Crippen molar-refractivity contribution in [3.63, 3.8) is 0 Å². The molecule has 0 saturated heterocycles. The fourth-order valence-corrected chi connectivity index (χ4v) is 3.05. The third-order valence-corrected chi connectivity index (χ3v) is 4.51. The predicted molar refractivity (Wildman–Crippen MR) is 116 cm³/mol. The van der Waals surface area contributed by atoms with Gasteiger partial charge in [0.05, 0.1) is 23.8 Å². The van der Waals surface area contributed by atoms with Crippen LogP contribution in [-0.4, -0.2) is 34.7 Å². The largest absolute Gasteiger partial charge is 0.410 e. The molecule has 3 aromatic rings. The van der Waals surface area contributed by atoms with Crippen molar-refractivity contribution in [1.82, 2.24) is 9.38 Å². The molecular weight excluding hydrogens is 427 g/mol. The van der Waals surface area contributed by atoms with Crippen LogP contribution in [0.2, 0.25) is 0 Å². The summed E-state index contributed by atoms with van der Waals surface area (Å²) in [6.07, 6.45) is 1.51. The van der Waals surface area contributed by atoms with E-state index in [1.807, 2.05) is 32.1 Å². The van der Waals surface area contributed by atoms with Gasteiger partial charge in [0.15, 0.2) is 11.4 Å². The number of rotatable bonds is 4. The average Bonchev–Trinajstić information content (AvgIpc) is 2.87. The quantitative estimate of drug-likeness (QED) is 0.517. The molecule has 0 radical (unpaired) electrons. The van der Waals surface area contributed by atoms with Crippen LogP contribution in [0.5, 0.6) is 5.75 Å². The Bertz CT molecular complexity index is 1210. The highest BCUT2D eigenvalue weighted by molar-refractivity contribution is 7.85. The molecule has 0 aliphatic rings. The number of hydrogen-bond donors (Lipinski definition) is 3. The van der Waals surface area contributed by atoms with E-state index >= 15 is 0 Å². The zero-order chi connectivity index (χ0) is 23.5. The van der Waals surface area contributed by atoms with Gasteiger partial charge in [0, 0.05) is 18.3 Å². The number of imidazole rings is 1. The smallest absolute Gasteiger partial charge is 0.409 e. The number of nitrogens with zero attached hydrogens (tertiary/aromatic N) is 2. The van der Waals surface area contributed by atoms with Crippen LogP contribution in [0.3, 0.4) is 0 Å². The molecule has 0 bridgehead atoms. The van der Waals surface area contributed by atoms with E-state index in [0.29, 0.717) is 29.9 Å². The molecule has 0 saturated carbocycles. The molecular formula is C20H25FN4O5S. The van der Waals surface area contributed by atoms with Gasteiger partial charge in [0.25, 0.3) is 10.1 Å². The van der Waals surface area contributed by atoms with Crippen molar-refractivity contribution in [3.05, 3.63) is 58.3 Å². The number of nitrogens with two attached hydrogens (primary N) is 1. The van der Waals surface area contributed by atoms with Gasteiger partial charge in [-0.3, -0.25) is 8.95 Å². The minimum absolute atomic E-state index is 0.248. The number of aromatic nitrogens is 2. The predicted octanol–water partition coefficient (Wildman–Crippen LogP) is 3.28. The Hall–Kier alpha value is -3.18. The molecule has 3 rings (SSSR count). The third kappa shape index (κ3) is 6.66. The number of benzene rings is 1. The topological polar surface area (TPSA) is 136 Å².